The van der Waals surface area contributed by atoms with Gasteiger partial charge in [0.25, 0.3) is 0 Å². The predicted octanol–water partition coefficient (Wildman–Crippen LogP) is 2.81. The molecule has 0 aliphatic heterocycles. The Morgan fingerprint density at radius 3 is 2.47 bits per heavy atom. The molecule has 0 spiro atoms. The van der Waals surface area contributed by atoms with Crippen LogP contribution in [0.25, 0.3) is 0 Å². The largest absolute Gasteiger partial charge is 0.393 e. The molecule has 2 nitrogen and oxygen atoms in total. The number of aliphatic hydroxyl groups is 1. The molecule has 0 atom stereocenters. The summed E-state index contributed by atoms with van der Waals surface area (Å²) in [4.78, 5) is 0. The van der Waals surface area contributed by atoms with Crippen molar-refractivity contribution in [1.29, 1.82) is 0 Å². The number of hydrogen-bond acceptors (Lipinski definition) is 2. The maximum atomic E-state index is 9.24. The maximum Gasteiger partial charge on any atom is 0.0570 e. The van der Waals surface area contributed by atoms with Crippen molar-refractivity contribution in [2.75, 3.05) is 0 Å². The van der Waals surface area contributed by atoms with Crippen molar-refractivity contribution in [2.45, 2.75) is 49.8 Å². The molecule has 0 radical (unpaired) electrons. The molecule has 0 amide bonds. The van der Waals surface area contributed by atoms with Gasteiger partial charge in [0, 0.05) is 16.6 Å². The third-order valence-corrected chi connectivity index (χ3v) is 4.54. The van der Waals surface area contributed by atoms with Crippen molar-refractivity contribution in [2.24, 2.45) is 0 Å². The van der Waals surface area contributed by atoms with Crippen molar-refractivity contribution in [3.63, 3.8) is 0 Å². The van der Waals surface area contributed by atoms with Crippen LogP contribution in [0.2, 0.25) is 0 Å². The Balaban J connectivity index is 1.48. The molecular formula is C14H18BrNO. The zero-order chi connectivity index (χ0) is 11.8. The van der Waals surface area contributed by atoms with Crippen LogP contribution in [0.5, 0.6) is 0 Å². The summed E-state index contributed by atoms with van der Waals surface area (Å²) in [5, 5.41) is 12.9. The van der Waals surface area contributed by atoms with Gasteiger partial charge in [0.05, 0.1) is 6.10 Å². The zero-order valence-electron chi connectivity index (χ0n) is 9.77. The van der Waals surface area contributed by atoms with Gasteiger partial charge in [-0.2, -0.15) is 0 Å². The molecule has 2 saturated carbocycles. The van der Waals surface area contributed by atoms with Gasteiger partial charge >= 0.3 is 0 Å². The highest BCUT2D eigenvalue weighted by Gasteiger charge is 2.35. The third-order valence-electron chi connectivity index (χ3n) is 4.04. The molecule has 2 aliphatic rings. The highest BCUT2D eigenvalue weighted by molar-refractivity contribution is 9.10. The fourth-order valence-electron chi connectivity index (χ4n) is 2.84. The quantitative estimate of drug-likeness (QED) is 0.899. The van der Waals surface area contributed by atoms with Crippen LogP contribution >= 0.6 is 15.9 Å². The van der Waals surface area contributed by atoms with E-state index in [1.165, 1.54) is 22.9 Å². The number of aliphatic hydroxyl groups excluding tert-OH is 1. The molecule has 3 heteroatoms. The van der Waals surface area contributed by atoms with Gasteiger partial charge in [-0.05, 0) is 49.3 Å². The molecule has 92 valence electrons. The van der Waals surface area contributed by atoms with Crippen molar-refractivity contribution in [1.82, 2.24) is 5.32 Å². The zero-order valence-corrected chi connectivity index (χ0v) is 11.4. The lowest BCUT2D eigenvalue weighted by Gasteiger charge is -2.42. The molecule has 0 aromatic heterocycles. The standard InChI is InChI=1S/C14H18BrNO/c15-11-3-1-2-9(4-11)10-5-12(6-10)16-13-7-14(17)8-13/h1-4,10,12-14,16-17H,5-8H2. The van der Waals surface area contributed by atoms with Crippen LogP contribution in [0.4, 0.5) is 0 Å². The highest BCUT2D eigenvalue weighted by atomic mass is 79.9. The monoisotopic (exact) mass is 295 g/mol. The van der Waals surface area contributed by atoms with Gasteiger partial charge in [0.1, 0.15) is 0 Å². The third kappa shape index (κ3) is 2.56. The number of rotatable bonds is 3. The van der Waals surface area contributed by atoms with Gasteiger partial charge in [-0.15, -0.1) is 0 Å². The molecule has 2 aliphatic carbocycles. The lowest BCUT2D eigenvalue weighted by molar-refractivity contribution is 0.0506. The van der Waals surface area contributed by atoms with E-state index in [2.05, 4.69) is 45.5 Å². The summed E-state index contributed by atoms with van der Waals surface area (Å²) in [6.07, 6.45) is 4.32. The first kappa shape index (κ1) is 11.7. The van der Waals surface area contributed by atoms with Crippen LogP contribution in [-0.2, 0) is 0 Å². The summed E-state index contributed by atoms with van der Waals surface area (Å²) in [7, 11) is 0. The minimum atomic E-state index is -0.0477. The Morgan fingerprint density at radius 1 is 1.12 bits per heavy atom. The second kappa shape index (κ2) is 4.71. The van der Waals surface area contributed by atoms with Gasteiger partial charge in [-0.1, -0.05) is 28.1 Å². The lowest BCUT2D eigenvalue weighted by atomic mass is 9.74. The Morgan fingerprint density at radius 2 is 1.82 bits per heavy atom. The van der Waals surface area contributed by atoms with E-state index in [0.29, 0.717) is 12.1 Å². The average molecular weight is 296 g/mol. The molecule has 0 heterocycles. The number of hydrogen-bond donors (Lipinski definition) is 2. The minimum Gasteiger partial charge on any atom is -0.393 e. The van der Waals surface area contributed by atoms with Crippen LogP contribution in [0.3, 0.4) is 0 Å². The number of halogens is 1. The highest BCUT2D eigenvalue weighted by Crippen LogP contribution is 2.38. The van der Waals surface area contributed by atoms with Gasteiger partial charge in [0.2, 0.25) is 0 Å². The van der Waals surface area contributed by atoms with E-state index in [-0.39, 0.29) is 6.10 Å². The summed E-state index contributed by atoms with van der Waals surface area (Å²) >= 11 is 3.52. The van der Waals surface area contributed by atoms with E-state index in [0.717, 1.165) is 18.8 Å². The van der Waals surface area contributed by atoms with Crippen molar-refractivity contribution < 1.29 is 5.11 Å². The van der Waals surface area contributed by atoms with E-state index in [1.807, 2.05) is 0 Å². The second-order valence-corrected chi connectivity index (χ2v) is 6.32. The van der Waals surface area contributed by atoms with Crippen LogP contribution in [-0.4, -0.2) is 23.3 Å². The molecule has 0 unspecified atom stereocenters. The molecule has 17 heavy (non-hydrogen) atoms. The topological polar surface area (TPSA) is 32.3 Å². The van der Waals surface area contributed by atoms with E-state index in [9.17, 15) is 5.11 Å². The maximum absolute atomic E-state index is 9.24. The Kier molecular flexibility index (Phi) is 3.24. The fourth-order valence-corrected chi connectivity index (χ4v) is 3.26. The summed E-state index contributed by atoms with van der Waals surface area (Å²) in [5.74, 6) is 0.718. The van der Waals surface area contributed by atoms with Crippen LogP contribution < -0.4 is 5.32 Å². The first-order valence-corrected chi connectivity index (χ1v) is 7.19. The Bertz CT molecular complexity index is 397. The number of benzene rings is 1. The average Bonchev–Trinajstić information content (AvgIpc) is 2.19. The van der Waals surface area contributed by atoms with E-state index < -0.39 is 0 Å². The van der Waals surface area contributed by atoms with Gasteiger partial charge in [-0.25, -0.2) is 0 Å². The van der Waals surface area contributed by atoms with Crippen LogP contribution in [0.15, 0.2) is 28.7 Å². The lowest BCUT2D eigenvalue weighted by Crippen LogP contribution is -2.52. The summed E-state index contributed by atoms with van der Waals surface area (Å²) < 4.78 is 1.17. The van der Waals surface area contributed by atoms with Crippen molar-refractivity contribution in [3.05, 3.63) is 34.3 Å². The number of nitrogens with one attached hydrogen (secondary N) is 1. The molecule has 0 saturated heterocycles. The van der Waals surface area contributed by atoms with Gasteiger partial charge < -0.3 is 10.4 Å². The Labute approximate surface area is 111 Å². The Hall–Kier alpha value is -0.380. The first-order valence-electron chi connectivity index (χ1n) is 6.40. The van der Waals surface area contributed by atoms with E-state index in [4.69, 9.17) is 0 Å². The molecule has 3 rings (SSSR count). The predicted molar refractivity (Wildman–Crippen MR) is 72.1 cm³/mol. The normalized spacial score (nSPS) is 36.1. The molecular weight excluding hydrogens is 278 g/mol. The molecule has 2 fully saturated rings. The van der Waals surface area contributed by atoms with Crippen LogP contribution in [0.1, 0.15) is 37.2 Å². The molecule has 2 N–H and O–H groups in total. The molecule has 1 aromatic rings. The van der Waals surface area contributed by atoms with Crippen molar-refractivity contribution >= 4 is 15.9 Å². The SMILES string of the molecule is OC1CC(NC2CC(c3cccc(Br)c3)C2)C1. The van der Waals surface area contributed by atoms with Crippen molar-refractivity contribution in [3.8, 4) is 0 Å². The van der Waals surface area contributed by atoms with Crippen LogP contribution in [0, 0.1) is 0 Å². The van der Waals surface area contributed by atoms with Gasteiger partial charge in [0.15, 0.2) is 0 Å². The van der Waals surface area contributed by atoms with E-state index >= 15 is 0 Å². The second-order valence-electron chi connectivity index (χ2n) is 5.41. The van der Waals surface area contributed by atoms with E-state index in [1.54, 1.807) is 0 Å². The summed E-state index contributed by atoms with van der Waals surface area (Å²) in [6.45, 7) is 0. The smallest absolute Gasteiger partial charge is 0.0570 e. The molecule has 1 aromatic carbocycles. The minimum absolute atomic E-state index is 0.0477. The molecule has 0 bridgehead atoms. The summed E-state index contributed by atoms with van der Waals surface area (Å²) in [5.41, 5.74) is 1.45. The van der Waals surface area contributed by atoms with Gasteiger partial charge in [-0.3, -0.25) is 0 Å². The fraction of sp³-hybridized carbons (Fsp3) is 0.571. The first-order chi connectivity index (χ1) is 8.20. The summed E-state index contributed by atoms with van der Waals surface area (Å²) in [6, 6.07) is 9.87.